The second-order valence-corrected chi connectivity index (χ2v) is 17.1. The maximum atomic E-state index is 14.0. The molecule has 2 fully saturated rings. The second kappa shape index (κ2) is 21.4. The number of carbonyl (C=O) groups excluding carboxylic acids is 4. The lowest BCUT2D eigenvalue weighted by molar-refractivity contribution is -0.135. The van der Waals surface area contributed by atoms with E-state index in [4.69, 9.17) is 33.7 Å². The molecule has 17 nitrogen and oxygen atoms in total. The van der Waals surface area contributed by atoms with Crippen molar-refractivity contribution in [3.8, 4) is 28.1 Å². The van der Waals surface area contributed by atoms with Crippen molar-refractivity contribution >= 4 is 45.8 Å². The molecule has 3 aliphatic rings. The van der Waals surface area contributed by atoms with Gasteiger partial charge in [0.2, 0.25) is 11.8 Å². The van der Waals surface area contributed by atoms with Gasteiger partial charge in [0.25, 0.3) is 0 Å². The molecule has 5 aromatic rings. The highest BCUT2D eigenvalue weighted by atomic mass is 16.5. The first-order valence-electron chi connectivity index (χ1n) is 23.1. The minimum Gasteiger partial charge on any atom is -0.488 e. The highest BCUT2D eigenvalue weighted by molar-refractivity contribution is 6.07. The molecule has 3 aromatic carbocycles. The number of ether oxygens (including phenoxy) is 5. The smallest absolute Gasteiger partial charge is 0.407 e. The van der Waals surface area contributed by atoms with E-state index in [2.05, 4.69) is 57.0 Å². The zero-order chi connectivity index (χ0) is 47.1. The van der Waals surface area contributed by atoms with Crippen LogP contribution in [0.25, 0.3) is 44.2 Å². The number of alkyl carbamates (subject to hydrolysis) is 2. The number of carbonyl (C=O) groups is 4. The molecule has 0 radical (unpaired) electrons. The number of hydrogen-bond acceptors (Lipinski definition) is 11. The maximum absolute atomic E-state index is 14.0. The summed E-state index contributed by atoms with van der Waals surface area (Å²) < 4.78 is 27.1. The van der Waals surface area contributed by atoms with Gasteiger partial charge in [0.1, 0.15) is 36.1 Å². The van der Waals surface area contributed by atoms with Gasteiger partial charge < -0.3 is 54.1 Å². The number of nitrogens with zero attached hydrogens (tertiary/aromatic N) is 4. The Morgan fingerprint density at radius 2 is 1.38 bits per heavy atom. The first-order chi connectivity index (χ1) is 32.1. The summed E-state index contributed by atoms with van der Waals surface area (Å²) in [5.74, 6) is 1.97. The summed E-state index contributed by atoms with van der Waals surface area (Å²) in [4.78, 5) is 72.9. The van der Waals surface area contributed by atoms with Gasteiger partial charge in [-0.3, -0.25) is 9.59 Å². The van der Waals surface area contributed by atoms with Gasteiger partial charge in [-0.1, -0.05) is 58.7 Å². The number of aromatic nitrogens is 4. The van der Waals surface area contributed by atoms with Gasteiger partial charge in [0, 0.05) is 50.1 Å². The molecule has 5 heterocycles. The fourth-order valence-electron chi connectivity index (χ4n) is 9.74. The Kier molecular flexibility index (Phi) is 15.5. The number of methoxy groups -OCH3 is 4. The number of H-pyrrole nitrogens is 2. The molecule has 2 saturated heterocycles. The van der Waals surface area contributed by atoms with Crippen molar-refractivity contribution in [3.05, 3.63) is 65.9 Å². The van der Waals surface area contributed by atoms with E-state index in [0.717, 1.165) is 55.5 Å². The number of hydrogen-bond donors (Lipinski definition) is 4. The van der Waals surface area contributed by atoms with Crippen LogP contribution in [0.2, 0.25) is 0 Å². The Morgan fingerprint density at radius 1 is 0.773 bits per heavy atom. The number of rotatable bonds is 15. The van der Waals surface area contributed by atoms with Crippen LogP contribution in [0.15, 0.2) is 48.7 Å². The van der Waals surface area contributed by atoms with E-state index >= 15 is 0 Å². The monoisotopic (exact) mass is 908 g/mol. The Balaban J connectivity index is 0.00000320. The van der Waals surface area contributed by atoms with Gasteiger partial charge in [-0.25, -0.2) is 19.6 Å². The third kappa shape index (κ3) is 9.82. The molecule has 354 valence electrons. The first-order valence-corrected chi connectivity index (χ1v) is 23.1. The Bertz CT molecular complexity index is 2520. The molecule has 2 aromatic heterocycles. The summed E-state index contributed by atoms with van der Waals surface area (Å²) in [5.41, 5.74) is 6.45. The molecule has 6 atom stereocenters. The topological polar surface area (TPSA) is 202 Å². The van der Waals surface area contributed by atoms with Crippen molar-refractivity contribution < 1.29 is 42.9 Å². The van der Waals surface area contributed by atoms with Gasteiger partial charge >= 0.3 is 12.2 Å². The predicted octanol–water partition coefficient (Wildman–Crippen LogP) is 7.81. The highest BCUT2D eigenvalue weighted by Gasteiger charge is 2.42. The molecule has 0 aliphatic carbocycles. The third-order valence-electron chi connectivity index (χ3n) is 12.8. The predicted molar refractivity (Wildman–Crippen MR) is 250 cm³/mol. The Morgan fingerprint density at radius 3 is 1.95 bits per heavy atom. The van der Waals surface area contributed by atoms with Crippen LogP contribution in [0.3, 0.4) is 0 Å². The van der Waals surface area contributed by atoms with Gasteiger partial charge in [-0.05, 0) is 72.0 Å². The normalized spacial score (nSPS) is 19.6. The van der Waals surface area contributed by atoms with E-state index in [0.29, 0.717) is 83.1 Å². The Hall–Kier alpha value is -6.20. The first kappa shape index (κ1) is 47.8. The fraction of sp³-hybridized carbons (Fsp3) is 0.510. The number of fused-ring (bicyclic) bond motifs is 6. The van der Waals surface area contributed by atoms with Crippen molar-refractivity contribution in [1.82, 2.24) is 40.4 Å². The molecule has 17 heteroatoms. The van der Waals surface area contributed by atoms with Crippen molar-refractivity contribution in [2.24, 2.45) is 11.8 Å². The fourth-order valence-corrected chi connectivity index (χ4v) is 9.74. The van der Waals surface area contributed by atoms with Crippen LogP contribution < -0.4 is 15.4 Å². The van der Waals surface area contributed by atoms with Gasteiger partial charge in [-0.15, -0.1) is 0 Å². The molecule has 3 aliphatic heterocycles. The summed E-state index contributed by atoms with van der Waals surface area (Å²) in [6.45, 7) is 10.3. The molecule has 0 spiro atoms. The number of aromatic amines is 2. The van der Waals surface area contributed by atoms with Crippen LogP contribution in [-0.2, 0) is 35.1 Å². The lowest BCUT2D eigenvalue weighted by atomic mass is 9.92. The summed E-state index contributed by atoms with van der Waals surface area (Å²) in [6, 6.07) is 12.5. The summed E-state index contributed by atoms with van der Waals surface area (Å²) in [7, 11) is 5.90. The third-order valence-corrected chi connectivity index (χ3v) is 12.8. The van der Waals surface area contributed by atoms with Gasteiger partial charge in [0.15, 0.2) is 0 Å². The summed E-state index contributed by atoms with van der Waals surface area (Å²) in [6.07, 6.45) is 4.24. The minimum atomic E-state index is -0.719. The van der Waals surface area contributed by atoms with Crippen molar-refractivity contribution in [2.75, 3.05) is 54.7 Å². The van der Waals surface area contributed by atoms with Gasteiger partial charge in [0.05, 0.1) is 62.4 Å². The molecular formula is C49H64N8O9. The van der Waals surface area contributed by atoms with E-state index in [1.165, 1.54) is 14.2 Å². The molecule has 0 saturated carbocycles. The van der Waals surface area contributed by atoms with Crippen LogP contribution >= 0.6 is 0 Å². The molecule has 4 amide bonds. The SMILES string of the molecule is CC.CCCC(NC(=O)OC)C(=O)N1CC(COC)CC1c1ncc(-c2ccc3c(c2)COc2cc4c(ccc5[nH]c(C6CC(COC)CN6C(=O)C(CCC)NC(=O)OC)nc54)cc2-3)[nH]1. The Labute approximate surface area is 385 Å². The number of amides is 4. The second-order valence-electron chi connectivity index (χ2n) is 17.1. The largest absolute Gasteiger partial charge is 0.488 e. The summed E-state index contributed by atoms with van der Waals surface area (Å²) >= 11 is 0. The number of benzene rings is 3. The van der Waals surface area contributed by atoms with E-state index in [-0.39, 0.29) is 35.7 Å². The zero-order valence-electron chi connectivity index (χ0n) is 39.3. The lowest BCUT2D eigenvalue weighted by Gasteiger charge is -2.28. The average Bonchev–Trinajstić information content (AvgIpc) is 4.17. The molecule has 0 bridgehead atoms. The van der Waals surface area contributed by atoms with Crippen LogP contribution in [0.5, 0.6) is 5.75 Å². The standard InChI is InChI=1S/C47H58N8O9.C2H6/c1-7-9-35(51-46(58)62-5)44(56)54-21-26(23-60-3)15-38(54)42-48-20-37(50-42)29-11-13-31-30(17-29)25-64-40-19-32-28(18-33(31)40)12-14-34-41(32)53-43(49-34)39-16-27(24-61-4)22-55(39)45(57)36(10-8-2)52-47(59)63-6;1-2/h11-14,17-20,26-27,35-36,38-39H,7-10,15-16,21-25H2,1-6H3,(H,48,50)(H,49,53)(H,51,58)(H,52,59);1-2H3. The number of likely N-dealkylation sites (tertiary alicyclic amines) is 2. The molecular weight excluding hydrogens is 845 g/mol. The van der Waals surface area contributed by atoms with Crippen molar-refractivity contribution in [3.63, 3.8) is 0 Å². The van der Waals surface area contributed by atoms with Crippen LogP contribution in [0.1, 0.15) is 95.5 Å². The lowest BCUT2D eigenvalue weighted by Crippen LogP contribution is -2.48. The van der Waals surface area contributed by atoms with E-state index in [1.807, 2.05) is 38.7 Å². The van der Waals surface area contributed by atoms with Gasteiger partial charge in [-0.2, -0.15) is 0 Å². The maximum Gasteiger partial charge on any atom is 0.407 e. The molecule has 66 heavy (non-hydrogen) atoms. The molecule has 6 unspecified atom stereocenters. The van der Waals surface area contributed by atoms with Crippen molar-refractivity contribution in [2.45, 2.75) is 97.0 Å². The van der Waals surface area contributed by atoms with Crippen LogP contribution in [-0.4, -0.2) is 121 Å². The van der Waals surface area contributed by atoms with Crippen LogP contribution in [0, 0.1) is 11.8 Å². The minimum absolute atomic E-state index is 0.101. The van der Waals surface area contributed by atoms with Crippen molar-refractivity contribution in [1.29, 1.82) is 0 Å². The summed E-state index contributed by atoms with van der Waals surface area (Å²) in [5, 5.41) is 7.38. The number of imidazole rings is 2. The van der Waals surface area contributed by atoms with E-state index in [1.54, 1.807) is 25.3 Å². The molecule has 8 rings (SSSR count). The van der Waals surface area contributed by atoms with E-state index in [9.17, 15) is 19.2 Å². The molecule has 4 N–H and O–H groups in total. The van der Waals surface area contributed by atoms with Crippen LogP contribution in [0.4, 0.5) is 9.59 Å². The number of nitrogens with one attached hydrogen (secondary N) is 4. The highest BCUT2D eigenvalue weighted by Crippen LogP contribution is 2.44. The quantitative estimate of drug-likeness (QED) is 0.0798. The zero-order valence-corrected chi connectivity index (χ0v) is 39.3. The average molecular weight is 909 g/mol. The van der Waals surface area contributed by atoms with E-state index < -0.39 is 24.3 Å².